The van der Waals surface area contributed by atoms with Gasteiger partial charge in [-0.2, -0.15) is 0 Å². The molecule has 8 aromatic carbocycles. The van der Waals surface area contributed by atoms with Crippen LogP contribution in [-0.2, 0) is 0 Å². The average molecular weight is 733 g/mol. The number of hydrogen-bond acceptors (Lipinski definition) is 4. The highest BCUT2D eigenvalue weighted by atomic mass is 32.1. The van der Waals surface area contributed by atoms with Gasteiger partial charge in [-0.15, -0.1) is 11.3 Å². The summed E-state index contributed by atoms with van der Waals surface area (Å²) in [5.74, 6) is 1.99. The van der Waals surface area contributed by atoms with E-state index in [1.165, 1.54) is 69.9 Å². The van der Waals surface area contributed by atoms with Crippen LogP contribution in [0.25, 0.3) is 104 Å². The van der Waals surface area contributed by atoms with Crippen LogP contribution in [0.4, 0.5) is 0 Å². The number of para-hydroxylation sites is 2. The van der Waals surface area contributed by atoms with Crippen molar-refractivity contribution in [2.75, 3.05) is 0 Å². The first-order chi connectivity index (χ1) is 27.7. The number of rotatable bonds is 6. The SMILES string of the molecule is c1ccc(-c2nc(-c3ccccc3)nc(-c3ccc4c(c3)sc3cc(-c5cccc(-c6ccc7c(c6)c6ccccc6n7-c6ccccc6)c5)ccc34)n2)cc1. The van der Waals surface area contributed by atoms with Crippen LogP contribution in [0, 0.1) is 0 Å². The van der Waals surface area contributed by atoms with Gasteiger partial charge in [-0.3, -0.25) is 0 Å². The Morgan fingerprint density at radius 2 is 0.768 bits per heavy atom. The quantitative estimate of drug-likeness (QED) is 0.171. The molecule has 4 nitrogen and oxygen atoms in total. The van der Waals surface area contributed by atoms with E-state index in [-0.39, 0.29) is 0 Å². The average Bonchev–Trinajstić information content (AvgIpc) is 3.81. The van der Waals surface area contributed by atoms with Crippen LogP contribution in [0.15, 0.2) is 194 Å². The molecule has 0 saturated heterocycles. The first-order valence-corrected chi connectivity index (χ1v) is 19.6. The van der Waals surface area contributed by atoms with Gasteiger partial charge in [-0.1, -0.05) is 146 Å². The smallest absolute Gasteiger partial charge is 0.164 e. The van der Waals surface area contributed by atoms with E-state index in [1.54, 1.807) is 0 Å². The molecule has 56 heavy (non-hydrogen) atoms. The van der Waals surface area contributed by atoms with E-state index in [2.05, 4.69) is 138 Å². The molecule has 0 saturated carbocycles. The largest absolute Gasteiger partial charge is 0.309 e. The summed E-state index contributed by atoms with van der Waals surface area (Å²) in [5.41, 5.74) is 11.3. The molecule has 11 rings (SSSR count). The summed E-state index contributed by atoms with van der Waals surface area (Å²) < 4.78 is 4.82. The molecule has 0 aliphatic heterocycles. The zero-order valence-electron chi connectivity index (χ0n) is 30.2. The number of thiophene rings is 1. The van der Waals surface area contributed by atoms with E-state index in [0.717, 1.165) is 16.7 Å². The molecular weight excluding hydrogens is 701 g/mol. The van der Waals surface area contributed by atoms with Gasteiger partial charge in [-0.25, -0.2) is 15.0 Å². The van der Waals surface area contributed by atoms with Gasteiger partial charge in [0.15, 0.2) is 17.5 Å². The fraction of sp³-hybridized carbons (Fsp3) is 0. The highest BCUT2D eigenvalue weighted by Crippen LogP contribution is 2.40. The van der Waals surface area contributed by atoms with Crippen molar-refractivity contribution in [1.82, 2.24) is 19.5 Å². The van der Waals surface area contributed by atoms with Crippen LogP contribution in [-0.4, -0.2) is 19.5 Å². The molecular formula is C51H32N4S. The van der Waals surface area contributed by atoms with E-state index in [4.69, 9.17) is 15.0 Å². The summed E-state index contributed by atoms with van der Waals surface area (Å²) >= 11 is 1.81. The van der Waals surface area contributed by atoms with Crippen molar-refractivity contribution >= 4 is 53.3 Å². The maximum Gasteiger partial charge on any atom is 0.164 e. The second kappa shape index (κ2) is 13.3. The Balaban J connectivity index is 0.963. The summed E-state index contributed by atoms with van der Waals surface area (Å²) in [5, 5.41) is 5.00. The Morgan fingerprint density at radius 3 is 1.43 bits per heavy atom. The van der Waals surface area contributed by atoms with Crippen LogP contribution in [0.1, 0.15) is 0 Å². The minimum Gasteiger partial charge on any atom is -0.309 e. The number of nitrogens with zero attached hydrogens (tertiary/aromatic N) is 4. The van der Waals surface area contributed by atoms with Crippen LogP contribution < -0.4 is 0 Å². The molecule has 0 amide bonds. The fourth-order valence-electron chi connectivity index (χ4n) is 7.92. The van der Waals surface area contributed by atoms with Gasteiger partial charge in [-0.05, 0) is 70.8 Å². The van der Waals surface area contributed by atoms with Crippen molar-refractivity contribution in [2.45, 2.75) is 0 Å². The van der Waals surface area contributed by atoms with Gasteiger partial charge in [0.05, 0.1) is 11.0 Å². The zero-order valence-corrected chi connectivity index (χ0v) is 31.0. The molecule has 0 unspecified atom stereocenters. The van der Waals surface area contributed by atoms with Gasteiger partial charge in [0.2, 0.25) is 0 Å². The maximum atomic E-state index is 4.97. The summed E-state index contributed by atoms with van der Waals surface area (Å²) in [7, 11) is 0. The number of fused-ring (bicyclic) bond motifs is 6. The number of aromatic nitrogens is 4. The minimum atomic E-state index is 0.664. The minimum absolute atomic E-state index is 0.664. The molecule has 0 aliphatic carbocycles. The standard InChI is InChI=1S/C51H32N4S/c1-4-13-33(14-5-1)49-52-50(34-15-6-2-7-16-34)54-51(53-49)39-24-27-43-42-26-23-38(31-47(42)56-48(43)32-39)36-18-12-17-35(29-36)37-25-28-46-44(30-37)41-21-10-11-22-45(41)55(46)40-19-8-3-9-20-40/h1-32H. The molecule has 0 spiro atoms. The molecule has 3 heterocycles. The van der Waals surface area contributed by atoms with Gasteiger partial charge in [0.1, 0.15) is 0 Å². The summed E-state index contributed by atoms with van der Waals surface area (Å²) in [6, 6.07) is 68.8. The third-order valence-electron chi connectivity index (χ3n) is 10.6. The molecule has 0 atom stereocenters. The first kappa shape index (κ1) is 32.2. The lowest BCUT2D eigenvalue weighted by atomic mass is 9.97. The summed E-state index contributed by atoms with van der Waals surface area (Å²) in [6.07, 6.45) is 0. The van der Waals surface area contributed by atoms with Gasteiger partial charge < -0.3 is 4.57 Å². The lowest BCUT2D eigenvalue weighted by Gasteiger charge is -2.09. The topological polar surface area (TPSA) is 43.6 Å². The van der Waals surface area contributed by atoms with Crippen LogP contribution >= 0.6 is 11.3 Å². The molecule has 5 heteroatoms. The van der Waals surface area contributed by atoms with E-state index < -0.39 is 0 Å². The molecule has 3 aromatic heterocycles. The highest BCUT2D eigenvalue weighted by molar-refractivity contribution is 7.25. The van der Waals surface area contributed by atoms with Crippen LogP contribution in [0.2, 0.25) is 0 Å². The predicted molar refractivity (Wildman–Crippen MR) is 234 cm³/mol. The molecule has 0 radical (unpaired) electrons. The van der Waals surface area contributed by atoms with Crippen molar-refractivity contribution in [3.63, 3.8) is 0 Å². The van der Waals surface area contributed by atoms with E-state index in [1.807, 2.05) is 72.0 Å². The molecule has 11 aromatic rings. The van der Waals surface area contributed by atoms with Gasteiger partial charge in [0.25, 0.3) is 0 Å². The fourth-order valence-corrected chi connectivity index (χ4v) is 9.10. The van der Waals surface area contributed by atoms with Crippen LogP contribution in [0.3, 0.4) is 0 Å². The Kier molecular flexibility index (Phi) is 7.64. The Labute approximate surface area is 327 Å². The third-order valence-corrected chi connectivity index (χ3v) is 11.8. The van der Waals surface area contributed by atoms with E-state index in [9.17, 15) is 0 Å². The van der Waals surface area contributed by atoms with Gasteiger partial charge >= 0.3 is 0 Å². The van der Waals surface area contributed by atoms with Crippen molar-refractivity contribution in [3.05, 3.63) is 194 Å². The van der Waals surface area contributed by atoms with E-state index >= 15 is 0 Å². The second-order valence-corrected chi connectivity index (χ2v) is 15.1. The number of benzene rings is 8. The van der Waals surface area contributed by atoms with Crippen molar-refractivity contribution < 1.29 is 0 Å². The normalized spacial score (nSPS) is 11.6. The van der Waals surface area contributed by atoms with Crippen molar-refractivity contribution in [1.29, 1.82) is 0 Å². The second-order valence-electron chi connectivity index (χ2n) is 14.1. The molecule has 0 N–H and O–H groups in total. The van der Waals surface area contributed by atoms with Crippen LogP contribution in [0.5, 0.6) is 0 Å². The summed E-state index contributed by atoms with van der Waals surface area (Å²) in [6.45, 7) is 0. The third kappa shape index (κ3) is 5.56. The number of hydrogen-bond donors (Lipinski definition) is 0. The predicted octanol–water partition coefficient (Wildman–Crippen LogP) is 13.7. The monoisotopic (exact) mass is 732 g/mol. The molecule has 262 valence electrons. The Bertz CT molecular complexity index is 3180. The Hall–Kier alpha value is -7.21. The Morgan fingerprint density at radius 1 is 0.304 bits per heavy atom. The van der Waals surface area contributed by atoms with E-state index in [0.29, 0.717) is 17.5 Å². The lowest BCUT2D eigenvalue weighted by Crippen LogP contribution is -1.99. The van der Waals surface area contributed by atoms with Crippen molar-refractivity contribution in [3.8, 4) is 62.1 Å². The maximum absolute atomic E-state index is 4.97. The molecule has 0 bridgehead atoms. The summed E-state index contributed by atoms with van der Waals surface area (Å²) in [4.78, 5) is 14.8. The van der Waals surface area contributed by atoms with Crippen molar-refractivity contribution in [2.24, 2.45) is 0 Å². The zero-order chi connectivity index (χ0) is 37.0. The first-order valence-electron chi connectivity index (χ1n) is 18.8. The highest BCUT2D eigenvalue weighted by Gasteiger charge is 2.16. The molecule has 0 aliphatic rings. The van der Waals surface area contributed by atoms with Gasteiger partial charge in [0, 0.05) is 53.3 Å². The molecule has 0 fully saturated rings. The lowest BCUT2D eigenvalue weighted by molar-refractivity contribution is 1.07.